The van der Waals surface area contributed by atoms with Crippen LogP contribution in [0.2, 0.25) is 0 Å². The molecule has 0 N–H and O–H groups in total. The predicted octanol–water partition coefficient (Wildman–Crippen LogP) is 3.34. The van der Waals surface area contributed by atoms with Crippen LogP contribution in [0, 0.1) is 17.0 Å². The maximum absolute atomic E-state index is 12.8. The van der Waals surface area contributed by atoms with Gasteiger partial charge in [0.2, 0.25) is 0 Å². The first-order valence-corrected chi connectivity index (χ1v) is 8.42. The Labute approximate surface area is 151 Å². The minimum Gasteiger partial charge on any atom is -0.486 e. The lowest BCUT2D eigenvalue weighted by molar-refractivity contribution is -0.385. The molecule has 0 aromatic heterocycles. The lowest BCUT2D eigenvalue weighted by atomic mass is 10.1. The van der Waals surface area contributed by atoms with E-state index in [-0.39, 0.29) is 11.6 Å². The number of ether oxygens (including phenoxy) is 2. The minimum absolute atomic E-state index is 0.0106. The fourth-order valence-corrected chi connectivity index (χ4v) is 2.91. The summed E-state index contributed by atoms with van der Waals surface area (Å²) in [7, 11) is 0. The summed E-state index contributed by atoms with van der Waals surface area (Å²) in [5.41, 5.74) is 1.85. The molecule has 0 spiro atoms. The Hall–Kier alpha value is -3.09. The second-order valence-corrected chi connectivity index (χ2v) is 6.06. The highest BCUT2D eigenvalue weighted by Crippen LogP contribution is 2.31. The highest BCUT2D eigenvalue weighted by Gasteiger charge is 2.19. The van der Waals surface area contributed by atoms with Crippen LogP contribution in [0.25, 0.3) is 0 Å². The third kappa shape index (κ3) is 3.61. The molecule has 0 unspecified atom stereocenters. The highest BCUT2D eigenvalue weighted by molar-refractivity contribution is 5.94. The van der Waals surface area contributed by atoms with Gasteiger partial charge in [0.15, 0.2) is 11.5 Å². The lowest BCUT2D eigenvalue weighted by Crippen LogP contribution is -2.30. The number of fused-ring (bicyclic) bond motifs is 1. The normalized spacial score (nSPS) is 12.5. The fourth-order valence-electron chi connectivity index (χ4n) is 2.91. The van der Waals surface area contributed by atoms with Gasteiger partial charge in [0, 0.05) is 30.3 Å². The van der Waals surface area contributed by atoms with Gasteiger partial charge in [-0.15, -0.1) is 0 Å². The smallest absolute Gasteiger partial charge is 0.272 e. The zero-order chi connectivity index (χ0) is 18.7. The lowest BCUT2D eigenvalue weighted by Gasteiger charge is -2.23. The van der Waals surface area contributed by atoms with E-state index in [1.807, 2.05) is 25.1 Å². The van der Waals surface area contributed by atoms with Crippen molar-refractivity contribution in [2.24, 2.45) is 0 Å². The number of nitro groups is 1. The molecule has 3 rings (SSSR count). The molecule has 1 aliphatic heterocycles. The van der Waals surface area contributed by atoms with Gasteiger partial charge in [0.1, 0.15) is 13.2 Å². The van der Waals surface area contributed by atoms with E-state index in [2.05, 4.69) is 0 Å². The van der Waals surface area contributed by atoms with Gasteiger partial charge < -0.3 is 14.4 Å². The first kappa shape index (κ1) is 17.7. The first-order valence-electron chi connectivity index (χ1n) is 8.42. The number of benzene rings is 2. The number of nitro benzene ring substituents is 1. The molecule has 0 radical (unpaired) electrons. The van der Waals surface area contributed by atoms with Gasteiger partial charge in [-0.05, 0) is 43.7 Å². The van der Waals surface area contributed by atoms with Crippen LogP contribution in [-0.4, -0.2) is 35.5 Å². The molecule has 136 valence electrons. The molecule has 26 heavy (non-hydrogen) atoms. The Morgan fingerprint density at radius 1 is 1.15 bits per heavy atom. The zero-order valence-corrected chi connectivity index (χ0v) is 14.7. The number of nitrogens with zero attached hydrogens (tertiary/aromatic N) is 2. The van der Waals surface area contributed by atoms with E-state index in [1.165, 1.54) is 12.1 Å². The van der Waals surface area contributed by atoms with Crippen molar-refractivity contribution in [1.29, 1.82) is 0 Å². The Balaban J connectivity index is 1.79. The van der Waals surface area contributed by atoms with Crippen molar-refractivity contribution < 1.29 is 19.2 Å². The van der Waals surface area contributed by atoms with E-state index in [0.717, 1.165) is 5.56 Å². The molecule has 7 heteroatoms. The maximum Gasteiger partial charge on any atom is 0.272 e. The Kier molecular flexibility index (Phi) is 5.06. The number of hydrogen-bond donors (Lipinski definition) is 0. The summed E-state index contributed by atoms with van der Waals surface area (Å²) >= 11 is 0. The van der Waals surface area contributed by atoms with Crippen molar-refractivity contribution in [2.75, 3.05) is 19.8 Å². The second kappa shape index (κ2) is 7.43. The Morgan fingerprint density at radius 3 is 2.54 bits per heavy atom. The summed E-state index contributed by atoms with van der Waals surface area (Å²) in [5.74, 6) is 1.23. The van der Waals surface area contributed by atoms with Crippen molar-refractivity contribution in [3.8, 4) is 11.5 Å². The SMILES string of the molecule is CCN(Cc1ccc2c(c1)OCCO2)C(=O)c1ccc([N+](=O)[O-])c(C)c1. The molecule has 0 aliphatic carbocycles. The van der Waals surface area contributed by atoms with E-state index >= 15 is 0 Å². The molecule has 2 aromatic carbocycles. The van der Waals surface area contributed by atoms with Crippen LogP contribution in [0.3, 0.4) is 0 Å². The molecule has 1 amide bonds. The van der Waals surface area contributed by atoms with Crippen LogP contribution >= 0.6 is 0 Å². The molecule has 0 atom stereocenters. The van der Waals surface area contributed by atoms with E-state index in [9.17, 15) is 14.9 Å². The minimum atomic E-state index is -0.448. The largest absolute Gasteiger partial charge is 0.486 e. The molecule has 0 saturated heterocycles. The average Bonchev–Trinajstić information content (AvgIpc) is 2.65. The van der Waals surface area contributed by atoms with Gasteiger partial charge in [0.05, 0.1) is 4.92 Å². The van der Waals surface area contributed by atoms with Crippen molar-refractivity contribution in [3.05, 3.63) is 63.2 Å². The van der Waals surface area contributed by atoms with Gasteiger partial charge >= 0.3 is 0 Å². The summed E-state index contributed by atoms with van der Waals surface area (Å²) in [4.78, 5) is 25.0. The van der Waals surface area contributed by atoms with Crippen molar-refractivity contribution in [1.82, 2.24) is 4.90 Å². The molecule has 2 aromatic rings. The van der Waals surface area contributed by atoms with Gasteiger partial charge in [-0.1, -0.05) is 6.07 Å². The fraction of sp³-hybridized carbons (Fsp3) is 0.316. The second-order valence-electron chi connectivity index (χ2n) is 6.06. The summed E-state index contributed by atoms with van der Waals surface area (Å²) in [6, 6.07) is 10.1. The average molecular weight is 356 g/mol. The van der Waals surface area contributed by atoms with Crippen LogP contribution in [0.4, 0.5) is 5.69 Å². The van der Waals surface area contributed by atoms with Crippen LogP contribution in [0.5, 0.6) is 11.5 Å². The summed E-state index contributed by atoms with van der Waals surface area (Å²) in [6.07, 6.45) is 0. The monoisotopic (exact) mass is 356 g/mol. The summed E-state index contributed by atoms with van der Waals surface area (Å²) in [6.45, 7) is 5.51. The number of carbonyl (C=O) groups is 1. The number of amides is 1. The zero-order valence-electron chi connectivity index (χ0n) is 14.7. The van der Waals surface area contributed by atoms with E-state index in [1.54, 1.807) is 17.9 Å². The van der Waals surface area contributed by atoms with Gasteiger partial charge in [0.25, 0.3) is 11.6 Å². The Bertz CT molecular complexity index is 850. The van der Waals surface area contributed by atoms with Crippen molar-refractivity contribution >= 4 is 11.6 Å². The quantitative estimate of drug-likeness (QED) is 0.606. The third-order valence-electron chi connectivity index (χ3n) is 4.29. The highest BCUT2D eigenvalue weighted by atomic mass is 16.6. The summed E-state index contributed by atoms with van der Waals surface area (Å²) in [5, 5.41) is 10.9. The first-order chi connectivity index (χ1) is 12.5. The standard InChI is InChI=1S/C19H20N2O5/c1-3-20(12-14-4-7-17-18(11-14)26-9-8-25-17)19(22)15-5-6-16(21(23)24)13(2)10-15/h4-7,10-11H,3,8-9,12H2,1-2H3. The van der Waals surface area contributed by atoms with Crippen LogP contribution in [0.15, 0.2) is 36.4 Å². The van der Waals surface area contributed by atoms with Gasteiger partial charge in [-0.3, -0.25) is 14.9 Å². The van der Waals surface area contributed by atoms with Crippen LogP contribution in [0.1, 0.15) is 28.4 Å². The molecule has 0 saturated carbocycles. The molecule has 1 aliphatic rings. The number of rotatable bonds is 5. The molecule has 0 bridgehead atoms. The number of aryl methyl sites for hydroxylation is 1. The number of hydrogen-bond acceptors (Lipinski definition) is 5. The molecule has 1 heterocycles. The Morgan fingerprint density at radius 2 is 1.88 bits per heavy atom. The van der Waals surface area contributed by atoms with Crippen molar-refractivity contribution in [3.63, 3.8) is 0 Å². The van der Waals surface area contributed by atoms with Crippen molar-refractivity contribution in [2.45, 2.75) is 20.4 Å². The molecule has 0 fully saturated rings. The van der Waals surface area contributed by atoms with E-state index < -0.39 is 4.92 Å². The molecular weight excluding hydrogens is 336 g/mol. The van der Waals surface area contributed by atoms with Gasteiger partial charge in [-0.2, -0.15) is 0 Å². The van der Waals surface area contributed by atoms with Crippen LogP contribution < -0.4 is 9.47 Å². The molecular formula is C19H20N2O5. The maximum atomic E-state index is 12.8. The van der Waals surface area contributed by atoms with Gasteiger partial charge in [-0.25, -0.2) is 0 Å². The van der Waals surface area contributed by atoms with Crippen LogP contribution in [-0.2, 0) is 6.54 Å². The topological polar surface area (TPSA) is 81.9 Å². The molecule has 7 nitrogen and oxygen atoms in total. The predicted molar refractivity (Wildman–Crippen MR) is 95.7 cm³/mol. The third-order valence-corrected chi connectivity index (χ3v) is 4.29. The number of carbonyl (C=O) groups excluding carboxylic acids is 1. The van der Waals surface area contributed by atoms with E-state index in [4.69, 9.17) is 9.47 Å². The summed E-state index contributed by atoms with van der Waals surface area (Å²) < 4.78 is 11.1. The van der Waals surface area contributed by atoms with E-state index in [0.29, 0.717) is 48.9 Å².